The first kappa shape index (κ1) is 38.6. The van der Waals surface area contributed by atoms with Crippen LogP contribution in [0.5, 0.6) is 5.75 Å². The van der Waals surface area contributed by atoms with E-state index in [0.29, 0.717) is 83.9 Å². The summed E-state index contributed by atoms with van der Waals surface area (Å²) in [5.74, 6) is -0.471. The van der Waals surface area contributed by atoms with Crippen LogP contribution in [0.4, 0.5) is 11.4 Å². The highest BCUT2D eigenvalue weighted by Crippen LogP contribution is 2.27. The Hall–Kier alpha value is -5.22. The number of ether oxygens (including phenoxy) is 1. The summed E-state index contributed by atoms with van der Waals surface area (Å²) in [4.78, 5) is 64.2. The SMILES string of the molecule is CCCn1c(=O)c2[nH]c(-c3ccc(OCC(=O)NCCNC(=S)Nc4cc(N=C=S)cc(C(CN(C)C)C(N)=O)c4)cc3)nc2n(CCC)c1=O. The molecule has 17 heteroatoms. The van der Waals surface area contributed by atoms with Crippen molar-refractivity contribution in [3.63, 3.8) is 0 Å². The fourth-order valence-corrected chi connectivity index (χ4v) is 5.69. The molecule has 0 spiro atoms. The Morgan fingerprint density at radius 1 is 1.06 bits per heavy atom. The quantitative estimate of drug-likeness (QED) is 0.0609. The maximum absolute atomic E-state index is 13.0. The number of aromatic amines is 1. The minimum Gasteiger partial charge on any atom is -0.484 e. The van der Waals surface area contributed by atoms with Gasteiger partial charge in [0.15, 0.2) is 17.4 Å². The number of nitrogens with zero attached hydrogens (tertiary/aromatic N) is 5. The molecule has 4 aromatic rings. The van der Waals surface area contributed by atoms with E-state index in [0.717, 1.165) is 0 Å². The van der Waals surface area contributed by atoms with E-state index in [-0.39, 0.29) is 30.3 Å². The number of likely N-dealkylation sites (N-methyl/N-ethyl adjacent to an activating group) is 1. The average Bonchev–Trinajstić information content (AvgIpc) is 3.54. The van der Waals surface area contributed by atoms with E-state index in [1.165, 1.54) is 9.13 Å². The maximum atomic E-state index is 13.0. The summed E-state index contributed by atoms with van der Waals surface area (Å²) < 4.78 is 8.42. The monoisotopic (exact) mass is 734 g/mol. The van der Waals surface area contributed by atoms with Crippen molar-refractivity contribution >= 4 is 69.1 Å². The first-order valence-corrected chi connectivity index (χ1v) is 17.2. The molecule has 0 radical (unpaired) electrons. The van der Waals surface area contributed by atoms with Crippen molar-refractivity contribution < 1.29 is 14.3 Å². The molecule has 51 heavy (non-hydrogen) atoms. The van der Waals surface area contributed by atoms with Gasteiger partial charge < -0.3 is 36.3 Å². The Labute approximate surface area is 305 Å². The number of rotatable bonds is 17. The summed E-state index contributed by atoms with van der Waals surface area (Å²) in [6, 6.07) is 12.1. The summed E-state index contributed by atoms with van der Waals surface area (Å²) >= 11 is 10.2. The fraction of sp³-hybridized carbons (Fsp3) is 0.382. The molecule has 2 heterocycles. The smallest absolute Gasteiger partial charge is 0.332 e. The van der Waals surface area contributed by atoms with Gasteiger partial charge >= 0.3 is 5.69 Å². The summed E-state index contributed by atoms with van der Waals surface area (Å²) in [6.07, 6.45) is 1.36. The molecule has 6 N–H and O–H groups in total. The highest BCUT2D eigenvalue weighted by atomic mass is 32.1. The minimum absolute atomic E-state index is 0.211. The number of nitrogens with two attached hydrogens (primary N) is 1. The number of primary amides is 1. The van der Waals surface area contributed by atoms with Crippen molar-refractivity contribution in [3.05, 3.63) is 68.9 Å². The van der Waals surface area contributed by atoms with Crippen molar-refractivity contribution in [2.45, 2.75) is 45.7 Å². The third kappa shape index (κ3) is 10.2. The van der Waals surface area contributed by atoms with E-state index in [9.17, 15) is 19.2 Å². The van der Waals surface area contributed by atoms with Gasteiger partial charge in [0.05, 0.1) is 16.8 Å². The van der Waals surface area contributed by atoms with E-state index in [1.54, 1.807) is 42.5 Å². The number of thiocarbonyl (C=S) groups is 2. The Kier molecular flexibility index (Phi) is 13.7. The zero-order valence-corrected chi connectivity index (χ0v) is 30.6. The van der Waals surface area contributed by atoms with Crippen LogP contribution in [0.3, 0.4) is 0 Å². The molecule has 4 rings (SSSR count). The van der Waals surface area contributed by atoms with Crippen molar-refractivity contribution in [1.29, 1.82) is 0 Å². The van der Waals surface area contributed by atoms with Gasteiger partial charge in [0, 0.05) is 44.0 Å². The molecule has 2 amide bonds. The van der Waals surface area contributed by atoms with Crippen LogP contribution in [0.25, 0.3) is 22.6 Å². The zero-order chi connectivity index (χ0) is 37.1. The molecule has 0 aliphatic rings. The molecular weight excluding hydrogens is 693 g/mol. The van der Waals surface area contributed by atoms with Gasteiger partial charge in [0.1, 0.15) is 17.1 Å². The van der Waals surface area contributed by atoms with E-state index >= 15 is 0 Å². The van der Waals surface area contributed by atoms with Gasteiger partial charge in [-0.2, -0.15) is 4.99 Å². The molecule has 15 nitrogen and oxygen atoms in total. The number of benzene rings is 2. The number of nitrogens with one attached hydrogen (secondary N) is 4. The lowest BCUT2D eigenvalue weighted by Crippen LogP contribution is -2.40. The number of isothiocyanates is 1. The number of hydrogen-bond acceptors (Lipinski definition) is 10. The number of aliphatic imine (C=N–C) groups is 1. The molecule has 270 valence electrons. The molecule has 0 aliphatic heterocycles. The molecule has 0 saturated heterocycles. The number of H-pyrrole nitrogens is 1. The van der Waals surface area contributed by atoms with Gasteiger partial charge in [-0.05, 0) is 99.4 Å². The van der Waals surface area contributed by atoms with Gasteiger partial charge in [-0.25, -0.2) is 9.78 Å². The van der Waals surface area contributed by atoms with Gasteiger partial charge in [-0.1, -0.05) is 13.8 Å². The molecule has 2 aromatic carbocycles. The second-order valence-corrected chi connectivity index (χ2v) is 12.5. The molecule has 2 aromatic heterocycles. The average molecular weight is 735 g/mol. The van der Waals surface area contributed by atoms with Crippen LogP contribution in [-0.2, 0) is 22.7 Å². The first-order valence-electron chi connectivity index (χ1n) is 16.4. The van der Waals surface area contributed by atoms with Crippen LogP contribution in [0.1, 0.15) is 38.2 Å². The van der Waals surface area contributed by atoms with E-state index < -0.39 is 17.4 Å². The molecule has 0 aliphatic carbocycles. The minimum atomic E-state index is -0.576. The highest BCUT2D eigenvalue weighted by molar-refractivity contribution is 7.80. The number of hydrogen-bond donors (Lipinski definition) is 5. The van der Waals surface area contributed by atoms with Crippen LogP contribution < -0.4 is 37.7 Å². The lowest BCUT2D eigenvalue weighted by atomic mass is 9.96. The number of amides is 2. The normalized spacial score (nSPS) is 11.5. The standard InChI is InChI=1S/C34H42N10O5S2/c1-5-13-43-31-28(32(47)44(14-6-2)34(43)48)40-30(41-31)21-7-9-25(10-8-21)49-19-27(45)36-11-12-37-33(51)39-24-16-22(15-23(17-24)38-20-50)26(29(35)46)18-42(3)4/h7-10,15-17,26H,5-6,11-14,18-19H2,1-4H3,(H2,35,46)(H,36,45)(H,40,41)(H2,37,39,51). The van der Waals surface area contributed by atoms with Crippen LogP contribution in [0.15, 0.2) is 57.0 Å². The van der Waals surface area contributed by atoms with Gasteiger partial charge in [0.25, 0.3) is 11.5 Å². The Bertz CT molecular complexity index is 2050. The Morgan fingerprint density at radius 2 is 1.75 bits per heavy atom. The number of carbonyl (C=O) groups excluding carboxylic acids is 2. The molecule has 1 unspecified atom stereocenters. The molecular formula is C34H42N10O5S2. The summed E-state index contributed by atoms with van der Waals surface area (Å²) in [7, 11) is 3.70. The molecule has 0 saturated carbocycles. The Morgan fingerprint density at radius 3 is 2.39 bits per heavy atom. The fourth-order valence-electron chi connectivity index (χ4n) is 5.36. The topological polar surface area (TPSA) is 194 Å². The predicted molar refractivity (Wildman–Crippen MR) is 205 cm³/mol. The number of aryl methyl sites for hydroxylation is 1. The summed E-state index contributed by atoms with van der Waals surface area (Å²) in [5.41, 5.74) is 7.93. The maximum Gasteiger partial charge on any atom is 0.332 e. The van der Waals surface area contributed by atoms with Crippen molar-refractivity contribution in [2.75, 3.05) is 45.7 Å². The van der Waals surface area contributed by atoms with Gasteiger partial charge in [-0.15, -0.1) is 0 Å². The second-order valence-electron chi connectivity index (χ2n) is 12.0. The van der Waals surface area contributed by atoms with Crippen molar-refractivity contribution in [1.82, 2.24) is 34.6 Å². The number of aromatic nitrogens is 4. The third-order valence-corrected chi connectivity index (χ3v) is 7.99. The predicted octanol–water partition coefficient (Wildman–Crippen LogP) is 2.72. The van der Waals surface area contributed by atoms with E-state index in [4.69, 9.17) is 34.9 Å². The largest absolute Gasteiger partial charge is 0.484 e. The Balaban J connectivity index is 1.29. The van der Waals surface area contributed by atoms with Crippen molar-refractivity contribution in [3.8, 4) is 17.1 Å². The molecule has 0 bridgehead atoms. The van der Waals surface area contributed by atoms with E-state index in [2.05, 4.69) is 36.1 Å². The number of carbonyl (C=O) groups is 2. The van der Waals surface area contributed by atoms with Crippen LogP contribution in [-0.4, -0.2) is 86.4 Å². The van der Waals surface area contributed by atoms with Gasteiger partial charge in [-0.3, -0.25) is 23.5 Å². The number of fused-ring (bicyclic) bond motifs is 1. The number of imidazole rings is 1. The third-order valence-electron chi connectivity index (χ3n) is 7.65. The van der Waals surface area contributed by atoms with Crippen LogP contribution >= 0.6 is 24.4 Å². The zero-order valence-electron chi connectivity index (χ0n) is 28.9. The second kappa shape index (κ2) is 18.1. The summed E-state index contributed by atoms with van der Waals surface area (Å²) in [6.45, 7) is 5.43. The van der Waals surface area contributed by atoms with Gasteiger partial charge in [0.2, 0.25) is 5.91 Å². The van der Waals surface area contributed by atoms with Crippen LogP contribution in [0.2, 0.25) is 0 Å². The number of anilines is 1. The van der Waals surface area contributed by atoms with Crippen LogP contribution in [0, 0.1) is 0 Å². The van der Waals surface area contributed by atoms with E-state index in [1.807, 2.05) is 32.8 Å². The highest BCUT2D eigenvalue weighted by Gasteiger charge is 2.21. The lowest BCUT2D eigenvalue weighted by molar-refractivity contribution is -0.123. The molecule has 0 fully saturated rings. The molecule has 1 atom stereocenters. The lowest BCUT2D eigenvalue weighted by Gasteiger charge is -2.20. The first-order chi connectivity index (χ1) is 24.4. The summed E-state index contributed by atoms with van der Waals surface area (Å²) in [5, 5.41) is 11.5. The van der Waals surface area contributed by atoms with Crippen molar-refractivity contribution in [2.24, 2.45) is 10.7 Å².